The predicted molar refractivity (Wildman–Crippen MR) is 104 cm³/mol. The van der Waals surface area contributed by atoms with Gasteiger partial charge in [-0.3, -0.25) is 14.4 Å². The van der Waals surface area contributed by atoms with E-state index in [1.165, 1.54) is 13.8 Å². The van der Waals surface area contributed by atoms with E-state index in [4.69, 9.17) is 16.6 Å². The van der Waals surface area contributed by atoms with E-state index in [2.05, 4.69) is 16.0 Å². The van der Waals surface area contributed by atoms with Gasteiger partial charge in [-0.1, -0.05) is 14.9 Å². The Labute approximate surface area is 153 Å². The second-order valence-electron chi connectivity index (χ2n) is 5.05. The van der Waals surface area contributed by atoms with Crippen molar-refractivity contribution >= 4 is 17.7 Å². The molecule has 154 valence electrons. The molecule has 25 heavy (non-hydrogen) atoms. The van der Waals surface area contributed by atoms with E-state index in [0.29, 0.717) is 13.1 Å². The third-order valence-electron chi connectivity index (χ3n) is 2.13. The van der Waals surface area contributed by atoms with E-state index >= 15 is 0 Å². The molecule has 0 aliphatic rings. The number of amides is 3. The fraction of sp³-hybridized carbons (Fsp3) is 0.812. The molecule has 0 aliphatic heterocycles. The Kier molecular flexibility index (Phi) is 30.8. The highest BCUT2D eigenvalue weighted by atomic mass is 16.2. The molecule has 0 heterocycles. The molecule has 0 bridgehead atoms. The first-order chi connectivity index (χ1) is 10.6. The average Bonchev–Trinajstić information content (AvgIpc) is 2.45. The predicted octanol–water partition coefficient (Wildman–Crippen LogP) is -0.675. The number of carbonyl (C=O) groups is 3. The molecule has 2 unspecified atom stereocenters. The molecule has 0 aromatic carbocycles. The smallest absolute Gasteiger partial charge is 0.236 e. The number of nitrogens with one attached hydrogen (secondary N) is 3. The number of aliphatic hydroxyl groups is 1. The Bertz CT molecular complexity index is 336. The Morgan fingerprint density at radius 2 is 1.24 bits per heavy atom. The molecule has 0 aromatic rings. The van der Waals surface area contributed by atoms with Gasteiger partial charge in [-0.25, -0.2) is 0 Å². The van der Waals surface area contributed by atoms with E-state index < -0.39 is 6.04 Å². The van der Waals surface area contributed by atoms with Crippen LogP contribution in [0.25, 0.3) is 0 Å². The van der Waals surface area contributed by atoms with Crippen LogP contribution >= 0.6 is 0 Å². The molecule has 0 fully saturated rings. The molecule has 0 rings (SSSR count). The summed E-state index contributed by atoms with van der Waals surface area (Å²) in [5.41, 5.74) is 10.7. The zero-order chi connectivity index (χ0) is 19.0. The van der Waals surface area contributed by atoms with Crippen LogP contribution in [-0.4, -0.2) is 61.2 Å². The van der Waals surface area contributed by atoms with E-state index in [0.717, 1.165) is 7.11 Å². The van der Waals surface area contributed by atoms with Gasteiger partial charge < -0.3 is 32.5 Å². The van der Waals surface area contributed by atoms with Crippen LogP contribution in [0.15, 0.2) is 0 Å². The van der Waals surface area contributed by atoms with Crippen LogP contribution in [0.4, 0.5) is 0 Å². The van der Waals surface area contributed by atoms with Crippen molar-refractivity contribution in [2.45, 2.75) is 67.6 Å². The molecular formula is C16H41N5O4. The van der Waals surface area contributed by atoms with Gasteiger partial charge in [0.1, 0.15) is 0 Å². The summed E-state index contributed by atoms with van der Waals surface area (Å²) in [6.07, 6.45) is 0. The largest absolute Gasteiger partial charge is 0.400 e. The number of aliphatic hydroxyl groups excluding tert-OH is 1. The number of hydrogen-bond acceptors (Lipinski definition) is 6. The lowest BCUT2D eigenvalue weighted by molar-refractivity contribution is -0.123. The average molecular weight is 368 g/mol. The molecular weight excluding hydrogens is 326 g/mol. The first kappa shape index (κ1) is 34.6. The summed E-state index contributed by atoms with van der Waals surface area (Å²) >= 11 is 0. The van der Waals surface area contributed by atoms with Gasteiger partial charge in [-0.05, 0) is 20.8 Å². The van der Waals surface area contributed by atoms with Crippen molar-refractivity contribution in [3.05, 3.63) is 0 Å². The van der Waals surface area contributed by atoms with Gasteiger partial charge in [0.15, 0.2) is 0 Å². The van der Waals surface area contributed by atoms with E-state index in [1.807, 2.05) is 6.92 Å². The standard InChI is InChI=1S/C8H17N3O2.C5H12N2O.CH4O.2CH4/c1-5(4-10-7(3)12)11-8(13)6(2)9;1-4(6)3-7-5(2)8;1-2;;/h5-6H,4,9H2,1-3H3,(H,10,12)(H,11,13);4H,3,6H2,1-2H3,(H,7,8);2H,1H3;2*1H4/t5?,6-;;;;/m1..../s1. The third-order valence-corrected chi connectivity index (χ3v) is 2.13. The Hall–Kier alpha value is -1.71. The lowest BCUT2D eigenvalue weighted by Gasteiger charge is -2.15. The third kappa shape index (κ3) is 34.6. The molecule has 9 nitrogen and oxygen atoms in total. The van der Waals surface area contributed by atoms with Crippen molar-refractivity contribution in [1.29, 1.82) is 0 Å². The minimum Gasteiger partial charge on any atom is -0.400 e. The molecule has 0 aromatic heterocycles. The normalized spacial score (nSPS) is 11.9. The van der Waals surface area contributed by atoms with E-state index in [9.17, 15) is 14.4 Å². The lowest BCUT2D eigenvalue weighted by atomic mass is 10.3. The van der Waals surface area contributed by atoms with Crippen LogP contribution in [0.1, 0.15) is 49.5 Å². The Morgan fingerprint density at radius 3 is 1.48 bits per heavy atom. The quantitative estimate of drug-likeness (QED) is 0.365. The highest BCUT2D eigenvalue weighted by Gasteiger charge is 2.10. The maximum atomic E-state index is 11.0. The summed E-state index contributed by atoms with van der Waals surface area (Å²) in [5, 5.41) is 14.8. The summed E-state index contributed by atoms with van der Waals surface area (Å²) in [6, 6.07) is -0.555. The number of hydrogen-bond donors (Lipinski definition) is 6. The van der Waals surface area contributed by atoms with Gasteiger partial charge in [0.05, 0.1) is 6.04 Å². The fourth-order valence-corrected chi connectivity index (χ4v) is 1.03. The van der Waals surface area contributed by atoms with Crippen molar-refractivity contribution in [2.75, 3.05) is 20.2 Å². The Morgan fingerprint density at radius 1 is 0.880 bits per heavy atom. The van der Waals surface area contributed by atoms with Gasteiger partial charge in [0.25, 0.3) is 0 Å². The van der Waals surface area contributed by atoms with Gasteiger partial charge >= 0.3 is 0 Å². The van der Waals surface area contributed by atoms with Crippen LogP contribution in [0.5, 0.6) is 0 Å². The molecule has 0 saturated carbocycles. The van der Waals surface area contributed by atoms with Gasteiger partial charge in [0.2, 0.25) is 17.7 Å². The minimum atomic E-state index is -0.514. The maximum Gasteiger partial charge on any atom is 0.236 e. The van der Waals surface area contributed by atoms with Gasteiger partial charge in [-0.2, -0.15) is 0 Å². The van der Waals surface area contributed by atoms with Crippen LogP contribution in [0.3, 0.4) is 0 Å². The summed E-state index contributed by atoms with van der Waals surface area (Å²) in [6.45, 7) is 9.15. The Balaban J connectivity index is -0.0000000970. The van der Waals surface area contributed by atoms with Gasteiger partial charge in [0, 0.05) is 46.1 Å². The number of nitrogens with two attached hydrogens (primary N) is 2. The van der Waals surface area contributed by atoms with Crippen molar-refractivity contribution in [3.63, 3.8) is 0 Å². The number of rotatable bonds is 6. The highest BCUT2D eigenvalue weighted by Crippen LogP contribution is 1.82. The topological polar surface area (TPSA) is 160 Å². The molecule has 8 N–H and O–H groups in total. The highest BCUT2D eigenvalue weighted by molar-refractivity contribution is 5.81. The van der Waals surface area contributed by atoms with Crippen LogP contribution in [0.2, 0.25) is 0 Å². The molecule has 0 aliphatic carbocycles. The van der Waals surface area contributed by atoms with Crippen molar-refractivity contribution in [3.8, 4) is 0 Å². The van der Waals surface area contributed by atoms with Gasteiger partial charge in [-0.15, -0.1) is 0 Å². The molecule has 0 radical (unpaired) electrons. The van der Waals surface area contributed by atoms with E-state index in [-0.39, 0.29) is 44.7 Å². The maximum absolute atomic E-state index is 11.0. The van der Waals surface area contributed by atoms with E-state index in [1.54, 1.807) is 13.8 Å². The first-order valence-corrected chi connectivity index (χ1v) is 7.31. The molecule has 3 amide bonds. The second-order valence-corrected chi connectivity index (χ2v) is 5.05. The monoisotopic (exact) mass is 367 g/mol. The molecule has 0 spiro atoms. The van der Waals surface area contributed by atoms with Crippen LogP contribution < -0.4 is 27.4 Å². The summed E-state index contributed by atoms with van der Waals surface area (Å²) in [5.74, 6) is -0.345. The zero-order valence-electron chi connectivity index (χ0n) is 15.0. The first-order valence-electron chi connectivity index (χ1n) is 7.31. The minimum absolute atomic E-state index is 0. The van der Waals surface area contributed by atoms with Crippen LogP contribution in [-0.2, 0) is 14.4 Å². The van der Waals surface area contributed by atoms with Crippen molar-refractivity contribution in [1.82, 2.24) is 16.0 Å². The summed E-state index contributed by atoms with van der Waals surface area (Å²) < 4.78 is 0. The summed E-state index contributed by atoms with van der Waals surface area (Å²) in [7, 11) is 1.00. The molecule has 0 saturated heterocycles. The van der Waals surface area contributed by atoms with Crippen molar-refractivity contribution < 1.29 is 19.5 Å². The zero-order valence-corrected chi connectivity index (χ0v) is 15.0. The summed E-state index contributed by atoms with van der Waals surface area (Å²) in [4.78, 5) is 31.7. The lowest BCUT2D eigenvalue weighted by Crippen LogP contribution is -2.46. The SMILES string of the molecule is C.C.CC(=O)NCC(C)N.CC(=O)NCC(C)NC(=O)[C@@H](C)N.CO. The second kappa shape index (κ2) is 22.3. The van der Waals surface area contributed by atoms with Crippen molar-refractivity contribution in [2.24, 2.45) is 11.5 Å². The molecule has 9 heteroatoms. The van der Waals surface area contributed by atoms with Crippen LogP contribution in [0, 0.1) is 0 Å². The number of carbonyl (C=O) groups excluding carboxylic acids is 3. The fourth-order valence-electron chi connectivity index (χ4n) is 1.03. The molecule has 3 atom stereocenters.